The summed E-state index contributed by atoms with van der Waals surface area (Å²) in [6, 6.07) is -0.239. The number of aromatic nitrogens is 4. The molecular formula is C33H51BrCs2N8O9. The van der Waals surface area contributed by atoms with E-state index in [1.165, 1.54) is 0 Å². The van der Waals surface area contributed by atoms with Crippen LogP contribution in [0.3, 0.4) is 0 Å². The van der Waals surface area contributed by atoms with Crippen molar-refractivity contribution in [3.63, 3.8) is 0 Å². The van der Waals surface area contributed by atoms with Crippen LogP contribution in [0.5, 0.6) is 0 Å². The second kappa shape index (κ2) is 22.2. The number of fused-ring (bicyclic) bond motifs is 1. The van der Waals surface area contributed by atoms with E-state index < -0.39 is 11.2 Å². The van der Waals surface area contributed by atoms with Crippen LogP contribution in [-0.4, -0.2) is 126 Å². The van der Waals surface area contributed by atoms with Gasteiger partial charge in [-0.25, -0.2) is 19.6 Å². The number of aromatic amines is 1. The zero-order valence-electron chi connectivity index (χ0n) is 34.0. The minimum atomic E-state index is -0.486. The Labute approximate surface area is 438 Å². The first-order valence-electron chi connectivity index (χ1n) is 16.6. The number of likely N-dealkylation sites (N-methyl/N-ethyl adjacent to an activating group) is 1. The van der Waals surface area contributed by atoms with Crippen LogP contribution in [0.2, 0.25) is 0 Å². The molecule has 2 aromatic heterocycles. The van der Waals surface area contributed by atoms with Gasteiger partial charge >= 0.3 is 150 Å². The van der Waals surface area contributed by atoms with Gasteiger partial charge in [0.15, 0.2) is 0 Å². The predicted octanol–water partition coefficient (Wildman–Crippen LogP) is -3.21. The fourth-order valence-electron chi connectivity index (χ4n) is 5.57. The summed E-state index contributed by atoms with van der Waals surface area (Å²) >= 11 is 3.28. The monoisotopic (exact) mass is 1050 g/mol. The Hall–Kier alpha value is -0.0861. The third-order valence-electron chi connectivity index (χ3n) is 8.05. The number of carbonyl (C=O) groups is 5. The Balaban J connectivity index is 0.000000901. The maximum Gasteiger partial charge on any atom is 1.00 e. The first-order chi connectivity index (χ1) is 23.6. The van der Waals surface area contributed by atoms with E-state index in [4.69, 9.17) is 19.5 Å². The average molecular weight is 1050 g/mol. The van der Waals surface area contributed by atoms with Crippen molar-refractivity contribution in [2.45, 2.75) is 102 Å². The quantitative estimate of drug-likeness (QED) is 0.133. The Morgan fingerprint density at radius 3 is 1.96 bits per heavy atom. The molecule has 2 saturated heterocycles. The van der Waals surface area contributed by atoms with E-state index in [0.29, 0.717) is 39.3 Å². The maximum absolute atomic E-state index is 12.2. The summed E-state index contributed by atoms with van der Waals surface area (Å²) in [7, 11) is 3.57. The predicted molar refractivity (Wildman–Crippen MR) is 186 cm³/mol. The van der Waals surface area contributed by atoms with Crippen molar-refractivity contribution in [3.8, 4) is 0 Å². The van der Waals surface area contributed by atoms with Crippen LogP contribution in [0.15, 0.2) is 12.4 Å². The molecule has 0 radical (unpaired) electrons. The summed E-state index contributed by atoms with van der Waals surface area (Å²) in [6.45, 7) is 18.1. The first-order valence-corrected chi connectivity index (χ1v) is 17.5. The van der Waals surface area contributed by atoms with E-state index in [1.54, 1.807) is 39.8 Å². The van der Waals surface area contributed by atoms with E-state index in [9.17, 15) is 19.2 Å². The van der Waals surface area contributed by atoms with Crippen LogP contribution in [0.25, 0.3) is 0 Å². The number of nitrogens with one attached hydrogen (secondary N) is 1. The van der Waals surface area contributed by atoms with Crippen LogP contribution < -0.4 is 143 Å². The second-order valence-electron chi connectivity index (χ2n) is 14.8. The van der Waals surface area contributed by atoms with Gasteiger partial charge in [-0.3, -0.25) is 14.4 Å². The van der Waals surface area contributed by atoms with Gasteiger partial charge in [-0.05, 0) is 55.4 Å². The zero-order valence-corrected chi connectivity index (χ0v) is 47.1. The molecule has 2 atom stereocenters. The molecule has 3 aliphatic heterocycles. The molecule has 5 rings (SSSR count). The fraction of sp³-hybridized carbons (Fsp3) is 0.667. The molecule has 286 valence electrons. The third kappa shape index (κ3) is 15.0. The van der Waals surface area contributed by atoms with E-state index in [-0.39, 0.29) is 192 Å². The van der Waals surface area contributed by atoms with Gasteiger partial charge in [0.1, 0.15) is 28.9 Å². The van der Waals surface area contributed by atoms with E-state index in [2.05, 4.69) is 35.8 Å². The Morgan fingerprint density at radius 2 is 1.51 bits per heavy atom. The number of alkyl halides is 1. The molecule has 53 heavy (non-hydrogen) atoms. The minimum Gasteiger partial charge on any atom is -1.00 e. The van der Waals surface area contributed by atoms with Crippen molar-refractivity contribution in [2.75, 3.05) is 40.3 Å². The molecule has 5 heterocycles. The summed E-state index contributed by atoms with van der Waals surface area (Å²) in [6.07, 6.45) is 3.00. The van der Waals surface area contributed by atoms with Crippen molar-refractivity contribution in [1.29, 1.82) is 0 Å². The van der Waals surface area contributed by atoms with E-state index in [0.717, 1.165) is 23.0 Å². The minimum absolute atomic E-state index is 0. The molecule has 1 N–H and O–H groups in total. The van der Waals surface area contributed by atoms with E-state index >= 15 is 0 Å². The SMILES string of the molecule is CC(Br)C(=O)N(C)Cc1cnc(C2CN(C(=O)OC(C)(C)C)C2)[nH]1.CC1C(=O)N(C)Cc2cnc(C3CN(C(=O)OC(C)(C)C)C3)n21.O=CO[O-].[Cs+].[Cs+].[H-]. The number of imidazole rings is 2. The number of amides is 4. The number of nitrogens with zero attached hydrogens (tertiary/aromatic N) is 7. The van der Waals surface area contributed by atoms with Crippen LogP contribution >= 0.6 is 15.9 Å². The molecule has 4 amide bonds. The number of rotatable bonds is 6. The van der Waals surface area contributed by atoms with Crippen molar-refractivity contribution < 1.29 is 183 Å². The summed E-state index contributed by atoms with van der Waals surface area (Å²) in [5, 5.41) is 8.43. The van der Waals surface area contributed by atoms with Gasteiger partial charge in [-0.1, -0.05) is 15.9 Å². The second-order valence-corrected chi connectivity index (χ2v) is 16.2. The number of carbonyl (C=O) groups excluding carboxylic acids is 5. The Bertz CT molecular complexity index is 1550. The van der Waals surface area contributed by atoms with Crippen molar-refractivity contribution in [1.82, 2.24) is 39.1 Å². The van der Waals surface area contributed by atoms with Gasteiger partial charge in [-0.2, -0.15) is 0 Å². The largest absolute Gasteiger partial charge is 1.00 e. The molecule has 2 fully saturated rings. The fourth-order valence-corrected chi connectivity index (χ4v) is 5.92. The van der Waals surface area contributed by atoms with Gasteiger partial charge in [0.25, 0.3) is 6.47 Å². The summed E-state index contributed by atoms with van der Waals surface area (Å²) in [5.41, 5.74) is 0.958. The molecule has 3 aliphatic rings. The number of hydrogen-bond acceptors (Lipinski definition) is 11. The summed E-state index contributed by atoms with van der Waals surface area (Å²) in [4.78, 5) is 77.9. The van der Waals surface area contributed by atoms with Gasteiger partial charge in [-0.15, -0.1) is 0 Å². The summed E-state index contributed by atoms with van der Waals surface area (Å²) in [5.74, 6) is 2.20. The Morgan fingerprint density at radius 1 is 1.02 bits per heavy atom. The van der Waals surface area contributed by atoms with Gasteiger partial charge < -0.3 is 50.2 Å². The average Bonchev–Trinajstić information content (AvgIpc) is 3.59. The molecule has 2 unspecified atom stereocenters. The topological polar surface area (TPSA) is 196 Å². The summed E-state index contributed by atoms with van der Waals surface area (Å²) < 4.78 is 12.7. The van der Waals surface area contributed by atoms with Crippen LogP contribution in [0.1, 0.15) is 97.7 Å². The molecule has 0 aromatic carbocycles. The van der Waals surface area contributed by atoms with Crippen LogP contribution in [-0.2, 0) is 41.8 Å². The van der Waals surface area contributed by atoms with Gasteiger partial charge in [0.05, 0.1) is 53.5 Å². The molecule has 20 heteroatoms. The van der Waals surface area contributed by atoms with Crippen LogP contribution in [0.4, 0.5) is 9.59 Å². The van der Waals surface area contributed by atoms with Crippen molar-refractivity contribution in [2.24, 2.45) is 0 Å². The number of H-pyrrole nitrogens is 1. The molecule has 17 nitrogen and oxygen atoms in total. The number of halogens is 1. The molecule has 0 aliphatic carbocycles. The number of hydrogen-bond donors (Lipinski definition) is 1. The molecule has 0 saturated carbocycles. The maximum atomic E-state index is 12.2. The smallest absolute Gasteiger partial charge is 1.00 e. The standard InChI is InChI=1S/C16H25BrN4O3.C16H24N4O3.CH2O3.2Cs.H/c1-10(17)14(22)20(5)9-12-6-18-13(19-12)11-7-21(8-11)15(23)24-16(2,3)4;1-10-14(21)18(5)9-12-6-17-13(20(10)12)11-7-19(8-11)15(22)23-16(2,3)4;2-1-4-3;;;/h6,10-11H,7-9H2,1-5H3,(H,18,19);6,10-11H,7-9H2,1-5H3;1,3H;;;/q;;;2*+1;-1/p-1. The number of likely N-dealkylation sites (tertiary alicyclic amines) is 2. The molecular weight excluding hydrogens is 998 g/mol. The first kappa shape index (κ1) is 50.9. The van der Waals surface area contributed by atoms with E-state index in [1.807, 2.05) is 66.3 Å². The normalized spacial score (nSPS) is 17.4. The third-order valence-corrected chi connectivity index (χ3v) is 8.44. The van der Waals surface area contributed by atoms with Crippen molar-refractivity contribution >= 4 is 46.4 Å². The van der Waals surface area contributed by atoms with Crippen molar-refractivity contribution in [3.05, 3.63) is 35.4 Å². The molecule has 0 spiro atoms. The van der Waals surface area contributed by atoms with Gasteiger partial charge in [0, 0.05) is 40.3 Å². The van der Waals surface area contributed by atoms with Gasteiger partial charge in [0.2, 0.25) is 11.8 Å². The molecule has 2 aromatic rings. The zero-order chi connectivity index (χ0) is 38.4. The van der Waals surface area contributed by atoms with Crippen LogP contribution in [0, 0.1) is 0 Å². The Kier molecular flexibility index (Phi) is 21.3. The molecule has 0 bridgehead atoms. The number of ether oxygens (including phenoxy) is 2.